The van der Waals surface area contributed by atoms with Gasteiger partial charge in [-0.2, -0.15) is 0 Å². The Morgan fingerprint density at radius 1 is 0.848 bits per heavy atom. The first kappa shape index (κ1) is 77.3. The largest absolute Gasteiger partial charge is 0.458 e. The number of ketones is 2. The Morgan fingerprint density at radius 2 is 1.56 bits per heavy atom. The highest BCUT2D eigenvalue weighted by Crippen LogP contribution is 2.40. The van der Waals surface area contributed by atoms with Crippen LogP contribution in [0.3, 0.4) is 0 Å². The average molecular weight is 1410 g/mol. The van der Waals surface area contributed by atoms with Crippen LogP contribution in [0.2, 0.25) is 0 Å². The summed E-state index contributed by atoms with van der Waals surface area (Å²) in [4.78, 5) is 168. The minimum absolute atomic E-state index is 0.0121. The van der Waals surface area contributed by atoms with Crippen LogP contribution >= 0.6 is 11.8 Å². The molecule has 9 atom stereocenters. The van der Waals surface area contributed by atoms with Gasteiger partial charge >= 0.3 is 11.9 Å². The zero-order chi connectivity index (χ0) is 72.2. The molecule has 3 aromatic rings. The number of imide groups is 2. The molecule has 1 unspecified atom stereocenters. The van der Waals surface area contributed by atoms with E-state index in [1.165, 1.54) is 34.2 Å². The molecule has 9 N–H and O–H groups in total. The number of Topliss-reactive ketones (excluding diaryl/α,β-unsaturated/α-hetero) is 2. The van der Waals surface area contributed by atoms with Gasteiger partial charge in [0.2, 0.25) is 29.5 Å². The quantitative estimate of drug-likeness (QED) is 0.0135. The Kier molecular flexibility index (Phi) is 27.1. The van der Waals surface area contributed by atoms with Gasteiger partial charge in [-0.1, -0.05) is 34.1 Å². The summed E-state index contributed by atoms with van der Waals surface area (Å²) in [6.07, 6.45) is -3.59. The van der Waals surface area contributed by atoms with Crippen molar-refractivity contribution in [2.24, 2.45) is 29.6 Å². The molecule has 1 aliphatic carbocycles. The van der Waals surface area contributed by atoms with E-state index in [-0.39, 0.29) is 125 Å². The number of aliphatic hydroxyl groups is 6. The number of hydrogen-bond donors (Lipinski definition) is 9. The molecule has 4 aliphatic heterocycles. The monoisotopic (exact) mass is 1410 g/mol. The molecule has 2 saturated heterocycles. The maximum atomic E-state index is 15.5. The summed E-state index contributed by atoms with van der Waals surface area (Å²) in [7, 11) is 0. The Balaban J connectivity index is 0.774. The molecular formula is C69H92FN7O21S. The van der Waals surface area contributed by atoms with Gasteiger partial charge in [0.15, 0.2) is 11.4 Å². The van der Waals surface area contributed by atoms with Crippen LogP contribution in [0.25, 0.3) is 22.3 Å². The molecule has 5 aliphatic rings. The molecule has 2 aromatic heterocycles. The summed E-state index contributed by atoms with van der Waals surface area (Å²) < 4.78 is 28.0. The number of likely N-dealkylation sites (tertiary alicyclic amines) is 1. The number of thioether (sulfide) groups is 1. The standard InChI is InChI=1S/C69H92FN7O21S/c1-6-69(95)47-27-50-60-42(32-75(50)65(91)46(47)34-97-68(69)94)26-45-44(38(5)48(70)28-49(45)73-60)13-9-10-22-96-35-72-63(89)37(4)24-51(80)59(36(2)3)74-64(90)41(18-19-55(83)71-30-52(81)61(87)62(88)53(82)33-78)25-43(79)12-8-7-11-23-99-54-29-58(86)76(66(54)92)31-39-14-16-40(17-15-39)67(93)98-77-56(84)20-21-57(77)85/h26-28,36-37,39-41,52-54,59,61-62,78,81-82,87-88,95H,6-25,29-35H2,1-5H3,(H,71,83)(H,72,89)(H,74,90)/t37-,39?,40?,41-,52+,53-,54?,59+,61-,62-,69+/m1/s1. The summed E-state index contributed by atoms with van der Waals surface area (Å²) in [5.74, 6) is -8.91. The number of aryl methyl sites for hydroxylation is 1. The maximum Gasteiger partial charge on any atom is 0.343 e. The zero-order valence-electron chi connectivity index (χ0n) is 56.6. The number of benzene rings is 1. The van der Waals surface area contributed by atoms with Crippen molar-refractivity contribution in [1.82, 2.24) is 35.5 Å². The SMILES string of the molecule is CC[C@@]1(O)C(=O)OCc2c1cc1n(c2=O)Cc2cc3c(CCCCOCNC(=O)[C@H](C)CC(=O)[C@@H](NC(=O)[C@H](CCC(=O)NC[C@H](O)[C@@H](O)[C@H](O)[C@H](O)CO)CC(=O)CCCCCSC4CC(=O)N(CC5CCC(C(=O)ON6C(=O)CCC6=O)CC5)C4=O)C(C)C)c(C)c(F)cc3nc2-1. The first-order valence-electron chi connectivity index (χ1n) is 34.2. The number of unbranched alkanes of at least 4 members (excludes halogenated alkanes) is 3. The predicted octanol–water partition coefficient (Wildman–Crippen LogP) is 2.42. The third-order valence-electron chi connectivity index (χ3n) is 19.6. The van der Waals surface area contributed by atoms with Crippen LogP contribution in [0.15, 0.2) is 23.0 Å². The molecule has 0 spiro atoms. The molecule has 1 saturated carbocycles. The van der Waals surface area contributed by atoms with Crippen molar-refractivity contribution in [1.29, 1.82) is 0 Å². The molecule has 28 nitrogen and oxygen atoms in total. The Morgan fingerprint density at radius 3 is 2.24 bits per heavy atom. The number of hydrogen-bond acceptors (Lipinski definition) is 23. The molecule has 0 radical (unpaired) electrons. The van der Waals surface area contributed by atoms with Gasteiger partial charge in [-0.3, -0.25) is 52.8 Å². The highest BCUT2D eigenvalue weighted by Gasteiger charge is 2.46. The number of ether oxygens (including phenoxy) is 2. The van der Waals surface area contributed by atoms with E-state index in [0.717, 1.165) is 5.56 Å². The second kappa shape index (κ2) is 34.8. The molecule has 7 amide bonds. The van der Waals surface area contributed by atoms with E-state index in [9.17, 15) is 83.1 Å². The minimum Gasteiger partial charge on any atom is -0.458 e. The minimum atomic E-state index is -2.00. The highest BCUT2D eigenvalue weighted by molar-refractivity contribution is 8.00. The molecule has 0 bridgehead atoms. The Bertz CT molecular complexity index is 3600. The van der Waals surface area contributed by atoms with Crippen molar-refractivity contribution >= 4 is 87.5 Å². The lowest BCUT2D eigenvalue weighted by Crippen LogP contribution is -2.49. The first-order chi connectivity index (χ1) is 47.1. The number of amides is 7. The van der Waals surface area contributed by atoms with E-state index in [1.54, 1.807) is 33.8 Å². The van der Waals surface area contributed by atoms with Crippen LogP contribution in [0.4, 0.5) is 4.39 Å². The van der Waals surface area contributed by atoms with Crippen molar-refractivity contribution < 1.29 is 102 Å². The first-order valence-corrected chi connectivity index (χ1v) is 35.2. The van der Waals surface area contributed by atoms with E-state index in [1.807, 2.05) is 6.07 Å². The van der Waals surface area contributed by atoms with Crippen molar-refractivity contribution in [3.8, 4) is 11.4 Å². The number of halogens is 1. The Labute approximate surface area is 575 Å². The second-order valence-corrected chi connectivity index (χ2v) is 28.3. The van der Waals surface area contributed by atoms with Gasteiger partial charge in [0, 0.05) is 99.1 Å². The van der Waals surface area contributed by atoms with Gasteiger partial charge in [-0.25, -0.2) is 19.0 Å². The zero-order valence-corrected chi connectivity index (χ0v) is 57.4. The number of hydroxylamine groups is 2. The summed E-state index contributed by atoms with van der Waals surface area (Å²) >= 11 is 1.35. The number of nitrogens with one attached hydrogen (secondary N) is 3. The van der Waals surface area contributed by atoms with Crippen molar-refractivity contribution in [2.45, 2.75) is 211 Å². The summed E-state index contributed by atoms with van der Waals surface area (Å²) in [5, 5.41) is 69.1. The number of pyridine rings is 2. The van der Waals surface area contributed by atoms with Crippen LogP contribution in [-0.4, -0.2) is 190 Å². The van der Waals surface area contributed by atoms with Crippen molar-refractivity contribution in [3.05, 3.63) is 62.2 Å². The lowest BCUT2D eigenvalue weighted by molar-refractivity contribution is -0.201. The van der Waals surface area contributed by atoms with Gasteiger partial charge in [0.05, 0.1) is 58.9 Å². The van der Waals surface area contributed by atoms with E-state index in [2.05, 4.69) is 16.0 Å². The fourth-order valence-corrected chi connectivity index (χ4v) is 14.5. The lowest BCUT2D eigenvalue weighted by atomic mass is 9.82. The van der Waals surface area contributed by atoms with Crippen molar-refractivity contribution in [2.75, 3.05) is 38.8 Å². The number of carbonyl (C=O) groups is 11. The third kappa shape index (κ3) is 18.8. The predicted molar refractivity (Wildman–Crippen MR) is 352 cm³/mol. The molecule has 6 heterocycles. The molecule has 1 aromatic carbocycles. The van der Waals surface area contributed by atoms with E-state index >= 15 is 4.39 Å². The van der Waals surface area contributed by atoms with Crippen LogP contribution < -0.4 is 21.5 Å². The summed E-state index contributed by atoms with van der Waals surface area (Å²) in [5.41, 5.74) is 1.05. The average Bonchev–Trinajstić information content (AvgIpc) is 1.65. The van der Waals surface area contributed by atoms with Gasteiger partial charge in [-0.05, 0) is 118 Å². The fourth-order valence-electron chi connectivity index (χ4n) is 13.3. The number of rotatable bonds is 37. The number of aromatic nitrogens is 2. The highest BCUT2D eigenvalue weighted by atomic mass is 32.2. The van der Waals surface area contributed by atoms with Gasteiger partial charge < -0.3 is 65.5 Å². The van der Waals surface area contributed by atoms with E-state index < -0.39 is 137 Å². The summed E-state index contributed by atoms with van der Waals surface area (Å²) in [6, 6.07) is 3.72. The van der Waals surface area contributed by atoms with Crippen molar-refractivity contribution in [3.63, 3.8) is 0 Å². The van der Waals surface area contributed by atoms with Crippen LogP contribution in [0, 0.1) is 42.3 Å². The molecule has 30 heteroatoms. The number of fused-ring (bicyclic) bond motifs is 5. The molecule has 8 rings (SSSR count). The normalized spacial score (nSPS) is 21.1. The molecule has 3 fully saturated rings. The number of carbonyl (C=O) groups excluding carboxylic acids is 11. The fraction of sp³-hybridized carbons (Fsp3) is 0.638. The van der Waals surface area contributed by atoms with E-state index in [4.69, 9.17) is 24.4 Å². The van der Waals surface area contributed by atoms with E-state index in [0.29, 0.717) is 108 Å². The maximum absolute atomic E-state index is 15.5. The number of nitrogens with zero attached hydrogens (tertiary/aromatic N) is 4. The molecule has 99 heavy (non-hydrogen) atoms. The second-order valence-electron chi connectivity index (χ2n) is 27.0. The summed E-state index contributed by atoms with van der Waals surface area (Å²) in [6.45, 7) is 6.85. The topological polar surface area (TPSA) is 414 Å². The van der Waals surface area contributed by atoms with Crippen LogP contribution in [0.5, 0.6) is 0 Å². The van der Waals surface area contributed by atoms with Gasteiger partial charge in [0.25, 0.3) is 17.4 Å². The molecule has 542 valence electrons. The molecular weight excluding hydrogens is 1310 g/mol. The Hall–Kier alpha value is -7.45. The smallest absolute Gasteiger partial charge is 0.343 e. The van der Waals surface area contributed by atoms with Crippen LogP contribution in [-0.2, 0) is 92.2 Å². The van der Waals surface area contributed by atoms with Gasteiger partial charge in [-0.15, -0.1) is 16.8 Å². The number of aliphatic hydroxyl groups excluding tert-OH is 5. The lowest BCUT2D eigenvalue weighted by Gasteiger charge is -2.31. The van der Waals surface area contributed by atoms with Crippen LogP contribution in [0.1, 0.15) is 171 Å². The number of cyclic esters (lactones) is 1. The number of esters is 1. The third-order valence-corrected chi connectivity index (χ3v) is 20.8. The van der Waals surface area contributed by atoms with Gasteiger partial charge in [0.1, 0.15) is 43.3 Å².